The Kier molecular flexibility index (Phi) is 3.27. The van der Waals surface area contributed by atoms with Gasteiger partial charge in [0.1, 0.15) is 5.69 Å². The van der Waals surface area contributed by atoms with Crippen LogP contribution in [-0.4, -0.2) is 18.1 Å². The van der Waals surface area contributed by atoms with E-state index in [1.165, 1.54) is 29.0 Å². The van der Waals surface area contributed by atoms with Gasteiger partial charge in [0, 0.05) is 5.69 Å². The number of rotatable bonds is 2. The molecule has 0 aliphatic heterocycles. The molecule has 3 heteroatoms. The zero-order valence-corrected chi connectivity index (χ0v) is 12.9. The Balaban J connectivity index is 1.72. The number of benzene rings is 2. The monoisotopic (exact) mass is 303 g/mol. The molecule has 0 saturated heterocycles. The zero-order chi connectivity index (χ0) is 15.8. The highest BCUT2D eigenvalue weighted by Crippen LogP contribution is 2.34. The van der Waals surface area contributed by atoms with Crippen LogP contribution in [0.4, 0.5) is 0 Å². The number of methoxy groups -OCH3 is 1. The number of nitrogens with one attached hydrogen (secondary N) is 1. The van der Waals surface area contributed by atoms with Crippen molar-refractivity contribution in [2.75, 3.05) is 7.11 Å². The molecule has 0 amide bonds. The lowest BCUT2D eigenvalue weighted by molar-refractivity contribution is 0.0594. The van der Waals surface area contributed by atoms with Crippen LogP contribution < -0.4 is 0 Å². The molecule has 0 spiro atoms. The molecular weight excluding hydrogens is 286 g/mol. The van der Waals surface area contributed by atoms with Crippen molar-refractivity contribution in [3.8, 4) is 0 Å². The second-order valence-electron chi connectivity index (χ2n) is 5.84. The van der Waals surface area contributed by atoms with Crippen LogP contribution in [0.5, 0.6) is 0 Å². The summed E-state index contributed by atoms with van der Waals surface area (Å²) < 4.78 is 4.79. The Hall–Kier alpha value is -2.81. The summed E-state index contributed by atoms with van der Waals surface area (Å²) >= 11 is 0. The average molecular weight is 303 g/mol. The minimum atomic E-state index is -0.315. The number of aromatic amines is 1. The molecule has 0 fully saturated rings. The highest BCUT2D eigenvalue weighted by Gasteiger charge is 2.21. The second kappa shape index (κ2) is 5.43. The van der Waals surface area contributed by atoms with Crippen molar-refractivity contribution < 1.29 is 9.53 Å². The Morgan fingerprint density at radius 2 is 1.91 bits per heavy atom. The van der Waals surface area contributed by atoms with Crippen LogP contribution in [0.15, 0.2) is 48.5 Å². The van der Waals surface area contributed by atoms with Crippen molar-refractivity contribution in [2.24, 2.45) is 0 Å². The average Bonchev–Trinajstić information content (AvgIpc) is 3.16. The number of aryl methyl sites for hydroxylation is 1. The Bertz CT molecular complexity index is 934. The number of H-pyrrole nitrogens is 1. The molecule has 4 rings (SSSR count). The lowest BCUT2D eigenvalue weighted by Crippen LogP contribution is -2.01. The van der Waals surface area contributed by atoms with Gasteiger partial charge in [-0.15, -0.1) is 0 Å². The molecule has 1 heterocycles. The van der Waals surface area contributed by atoms with Gasteiger partial charge >= 0.3 is 5.97 Å². The number of fused-ring (bicyclic) bond motifs is 2. The van der Waals surface area contributed by atoms with Crippen molar-refractivity contribution in [3.63, 3.8) is 0 Å². The third-order valence-corrected chi connectivity index (χ3v) is 4.41. The summed E-state index contributed by atoms with van der Waals surface area (Å²) in [5.41, 5.74) is 5.24. The Morgan fingerprint density at radius 1 is 1.09 bits per heavy atom. The number of esters is 1. The molecule has 0 bridgehead atoms. The summed E-state index contributed by atoms with van der Waals surface area (Å²) in [6.45, 7) is 0. The molecule has 0 unspecified atom stereocenters. The van der Waals surface area contributed by atoms with Gasteiger partial charge in [-0.1, -0.05) is 42.5 Å². The van der Waals surface area contributed by atoms with E-state index >= 15 is 0 Å². The third-order valence-electron chi connectivity index (χ3n) is 4.41. The van der Waals surface area contributed by atoms with Crippen LogP contribution in [0.25, 0.3) is 22.4 Å². The second-order valence-corrected chi connectivity index (χ2v) is 5.84. The van der Waals surface area contributed by atoms with Gasteiger partial charge in [0.15, 0.2) is 0 Å². The first-order chi connectivity index (χ1) is 11.2. The zero-order valence-electron chi connectivity index (χ0n) is 12.9. The number of allylic oxidation sites excluding steroid dienone is 1. The summed E-state index contributed by atoms with van der Waals surface area (Å²) in [4.78, 5) is 14.8. The number of carbonyl (C=O) groups excluding carboxylic acids is 1. The fourth-order valence-corrected chi connectivity index (χ4v) is 3.24. The third kappa shape index (κ3) is 2.44. The maximum absolute atomic E-state index is 11.7. The highest BCUT2D eigenvalue weighted by atomic mass is 16.5. The van der Waals surface area contributed by atoms with Gasteiger partial charge in [-0.05, 0) is 52.4 Å². The van der Waals surface area contributed by atoms with Gasteiger partial charge in [-0.2, -0.15) is 0 Å². The van der Waals surface area contributed by atoms with Crippen LogP contribution in [0.3, 0.4) is 0 Å². The number of carbonyl (C=O) groups is 1. The summed E-state index contributed by atoms with van der Waals surface area (Å²) in [6, 6.07) is 16.8. The molecule has 2 aromatic carbocycles. The van der Waals surface area contributed by atoms with Crippen molar-refractivity contribution in [1.29, 1.82) is 0 Å². The molecule has 1 aliphatic rings. The quantitative estimate of drug-likeness (QED) is 0.711. The van der Waals surface area contributed by atoms with Crippen molar-refractivity contribution in [1.82, 2.24) is 4.98 Å². The fourth-order valence-electron chi connectivity index (χ4n) is 3.24. The molecule has 1 aliphatic carbocycles. The lowest BCUT2D eigenvalue weighted by atomic mass is 10.0. The van der Waals surface area contributed by atoms with Crippen LogP contribution in [0.1, 0.15) is 33.7 Å². The van der Waals surface area contributed by atoms with Crippen molar-refractivity contribution >= 4 is 28.4 Å². The summed E-state index contributed by atoms with van der Waals surface area (Å²) in [5.74, 6) is -0.315. The van der Waals surface area contributed by atoms with Gasteiger partial charge in [0.2, 0.25) is 0 Å². The van der Waals surface area contributed by atoms with E-state index in [9.17, 15) is 4.79 Å². The summed E-state index contributed by atoms with van der Waals surface area (Å²) in [7, 11) is 1.40. The number of ether oxygens (including phenoxy) is 1. The van der Waals surface area contributed by atoms with Gasteiger partial charge in [-0.3, -0.25) is 0 Å². The normalized spacial score (nSPS) is 15.1. The SMILES string of the molecule is COC(=O)c1cc2c([nH]1)CC/C2=C\c1ccc2ccccc2c1. The number of hydrogen-bond donors (Lipinski definition) is 1. The summed E-state index contributed by atoms with van der Waals surface area (Å²) in [5, 5.41) is 2.49. The standard InChI is InChI=1S/C20H17NO2/c1-23-20(22)19-12-17-16(8-9-18(17)21-19)11-13-6-7-14-4-2-3-5-15(14)10-13/h2-7,10-12,21H,8-9H2,1H3/b16-11+. The molecule has 3 nitrogen and oxygen atoms in total. The highest BCUT2D eigenvalue weighted by molar-refractivity contribution is 5.93. The van der Waals surface area contributed by atoms with E-state index in [4.69, 9.17) is 4.74 Å². The molecule has 0 atom stereocenters. The molecule has 0 radical (unpaired) electrons. The first-order valence-corrected chi connectivity index (χ1v) is 7.74. The van der Waals surface area contributed by atoms with E-state index in [2.05, 4.69) is 53.5 Å². The predicted molar refractivity (Wildman–Crippen MR) is 92.3 cm³/mol. The van der Waals surface area contributed by atoms with Crippen molar-refractivity contribution in [2.45, 2.75) is 12.8 Å². The van der Waals surface area contributed by atoms with E-state index in [1.54, 1.807) is 0 Å². The van der Waals surface area contributed by atoms with Crippen molar-refractivity contribution in [3.05, 3.63) is 71.0 Å². The summed E-state index contributed by atoms with van der Waals surface area (Å²) in [6.07, 6.45) is 4.15. The Morgan fingerprint density at radius 3 is 2.74 bits per heavy atom. The minimum Gasteiger partial charge on any atom is -0.464 e. The first-order valence-electron chi connectivity index (χ1n) is 7.74. The van der Waals surface area contributed by atoms with E-state index in [1.807, 2.05) is 6.07 Å². The molecule has 1 aromatic heterocycles. The molecule has 114 valence electrons. The molecule has 3 aromatic rings. The van der Waals surface area contributed by atoms with E-state index in [0.717, 1.165) is 24.1 Å². The topological polar surface area (TPSA) is 42.1 Å². The smallest absolute Gasteiger partial charge is 0.354 e. The maximum Gasteiger partial charge on any atom is 0.354 e. The fraction of sp³-hybridized carbons (Fsp3) is 0.150. The van der Waals surface area contributed by atoms with E-state index in [0.29, 0.717) is 5.69 Å². The van der Waals surface area contributed by atoms with Crippen LogP contribution in [-0.2, 0) is 11.2 Å². The molecular formula is C20H17NO2. The number of aromatic nitrogens is 1. The van der Waals surface area contributed by atoms with Gasteiger partial charge in [0.25, 0.3) is 0 Å². The molecule has 1 N–H and O–H groups in total. The molecule has 23 heavy (non-hydrogen) atoms. The van der Waals surface area contributed by atoms with Gasteiger partial charge in [-0.25, -0.2) is 4.79 Å². The van der Waals surface area contributed by atoms with E-state index < -0.39 is 0 Å². The van der Waals surface area contributed by atoms with Crippen LogP contribution >= 0.6 is 0 Å². The van der Waals surface area contributed by atoms with Crippen LogP contribution in [0, 0.1) is 0 Å². The predicted octanol–water partition coefficient (Wildman–Crippen LogP) is 4.44. The van der Waals surface area contributed by atoms with Crippen LogP contribution in [0.2, 0.25) is 0 Å². The largest absolute Gasteiger partial charge is 0.464 e. The maximum atomic E-state index is 11.7. The number of hydrogen-bond acceptors (Lipinski definition) is 2. The minimum absolute atomic E-state index is 0.315. The first kappa shape index (κ1) is 13.8. The van der Waals surface area contributed by atoms with Gasteiger partial charge in [0.05, 0.1) is 7.11 Å². The van der Waals surface area contributed by atoms with E-state index in [-0.39, 0.29) is 5.97 Å². The van der Waals surface area contributed by atoms with Gasteiger partial charge < -0.3 is 9.72 Å². The Labute approximate surface area is 134 Å². The molecule has 0 saturated carbocycles. The lowest BCUT2D eigenvalue weighted by Gasteiger charge is -2.02.